The zero-order valence-corrected chi connectivity index (χ0v) is 15.7. The SMILES string of the molecule is COc1cc2nn[nH]c2cc1C(=O)NCC1CN(Cc2ccccc2)CCO1. The Bertz CT molecular complexity index is 943. The number of ether oxygens (including phenoxy) is 2. The number of amides is 1. The lowest BCUT2D eigenvalue weighted by molar-refractivity contribution is -0.0292. The van der Waals surface area contributed by atoms with Gasteiger partial charge in [0.1, 0.15) is 11.3 Å². The van der Waals surface area contributed by atoms with Gasteiger partial charge < -0.3 is 14.8 Å². The minimum absolute atomic E-state index is 0.0510. The van der Waals surface area contributed by atoms with Crippen LogP contribution in [-0.2, 0) is 11.3 Å². The third kappa shape index (κ3) is 4.13. The molecule has 1 atom stereocenters. The summed E-state index contributed by atoms with van der Waals surface area (Å²) < 4.78 is 11.2. The summed E-state index contributed by atoms with van der Waals surface area (Å²) in [5, 5.41) is 13.4. The predicted octanol–water partition coefficient (Wildman–Crippen LogP) is 1.60. The van der Waals surface area contributed by atoms with Gasteiger partial charge in [0.2, 0.25) is 0 Å². The number of hydrogen-bond acceptors (Lipinski definition) is 6. The van der Waals surface area contributed by atoms with Crippen molar-refractivity contribution in [2.75, 3.05) is 33.4 Å². The van der Waals surface area contributed by atoms with Gasteiger partial charge in [-0.3, -0.25) is 14.8 Å². The van der Waals surface area contributed by atoms with Crippen LogP contribution in [-0.4, -0.2) is 65.7 Å². The van der Waals surface area contributed by atoms with Gasteiger partial charge in [0.25, 0.3) is 5.91 Å². The minimum atomic E-state index is -0.211. The molecule has 1 amide bonds. The summed E-state index contributed by atoms with van der Waals surface area (Å²) in [5.74, 6) is 0.256. The molecule has 1 fully saturated rings. The average Bonchev–Trinajstić information content (AvgIpc) is 3.19. The molecule has 8 heteroatoms. The standard InChI is InChI=1S/C20H23N5O3/c1-27-19-10-18-17(22-24-23-18)9-16(19)20(26)21-11-15-13-25(7-8-28-15)12-14-5-3-2-4-6-14/h2-6,9-10,15H,7-8,11-13H2,1H3,(H,21,26)(H,22,23,24). The van der Waals surface area contributed by atoms with Crippen molar-refractivity contribution in [3.63, 3.8) is 0 Å². The largest absolute Gasteiger partial charge is 0.496 e. The van der Waals surface area contributed by atoms with Crippen molar-refractivity contribution in [3.8, 4) is 5.75 Å². The van der Waals surface area contributed by atoms with Gasteiger partial charge in [0, 0.05) is 32.2 Å². The Labute approximate surface area is 162 Å². The van der Waals surface area contributed by atoms with Gasteiger partial charge in [-0.1, -0.05) is 35.5 Å². The quantitative estimate of drug-likeness (QED) is 0.674. The van der Waals surface area contributed by atoms with Crippen LogP contribution in [0.3, 0.4) is 0 Å². The number of rotatable bonds is 6. The highest BCUT2D eigenvalue weighted by atomic mass is 16.5. The highest BCUT2D eigenvalue weighted by Gasteiger charge is 2.22. The zero-order valence-electron chi connectivity index (χ0n) is 15.7. The zero-order chi connectivity index (χ0) is 19.3. The van der Waals surface area contributed by atoms with E-state index in [1.165, 1.54) is 12.7 Å². The molecule has 3 aromatic rings. The summed E-state index contributed by atoms with van der Waals surface area (Å²) in [6.07, 6.45) is -0.0510. The molecule has 0 spiro atoms. The number of nitrogens with one attached hydrogen (secondary N) is 2. The smallest absolute Gasteiger partial charge is 0.255 e. The van der Waals surface area contributed by atoms with Crippen LogP contribution in [0.15, 0.2) is 42.5 Å². The van der Waals surface area contributed by atoms with Crippen LogP contribution in [0.5, 0.6) is 5.75 Å². The van der Waals surface area contributed by atoms with E-state index in [4.69, 9.17) is 9.47 Å². The molecule has 1 unspecified atom stereocenters. The Hall–Kier alpha value is -2.97. The molecule has 0 saturated carbocycles. The highest BCUT2D eigenvalue weighted by molar-refractivity contribution is 6.00. The lowest BCUT2D eigenvalue weighted by Gasteiger charge is -2.33. The summed E-state index contributed by atoms with van der Waals surface area (Å²) in [6, 6.07) is 13.8. The number of carbonyl (C=O) groups excluding carboxylic acids is 1. The van der Waals surface area contributed by atoms with Crippen LogP contribution in [0.4, 0.5) is 0 Å². The molecule has 0 bridgehead atoms. The maximum Gasteiger partial charge on any atom is 0.255 e. The Morgan fingerprint density at radius 1 is 1.36 bits per heavy atom. The fraction of sp³-hybridized carbons (Fsp3) is 0.350. The van der Waals surface area contributed by atoms with E-state index < -0.39 is 0 Å². The van der Waals surface area contributed by atoms with Crippen molar-refractivity contribution in [3.05, 3.63) is 53.6 Å². The summed E-state index contributed by atoms with van der Waals surface area (Å²) in [4.78, 5) is 15.0. The molecule has 0 radical (unpaired) electrons. The maximum absolute atomic E-state index is 12.7. The number of hydrogen-bond donors (Lipinski definition) is 2. The number of aromatic nitrogens is 3. The molecule has 4 rings (SSSR count). The Kier molecular flexibility index (Phi) is 5.50. The molecule has 1 aromatic heterocycles. The monoisotopic (exact) mass is 381 g/mol. The lowest BCUT2D eigenvalue weighted by Crippen LogP contribution is -2.47. The van der Waals surface area contributed by atoms with Crippen molar-refractivity contribution in [2.24, 2.45) is 0 Å². The van der Waals surface area contributed by atoms with E-state index in [0.717, 1.165) is 19.6 Å². The van der Waals surface area contributed by atoms with Crippen molar-refractivity contribution in [2.45, 2.75) is 12.6 Å². The van der Waals surface area contributed by atoms with Crippen LogP contribution in [0.1, 0.15) is 15.9 Å². The summed E-state index contributed by atoms with van der Waals surface area (Å²) in [5.41, 5.74) is 3.06. The van der Waals surface area contributed by atoms with Crippen LogP contribution < -0.4 is 10.1 Å². The van der Waals surface area contributed by atoms with Gasteiger partial charge in [-0.15, -0.1) is 5.10 Å². The predicted molar refractivity (Wildman–Crippen MR) is 104 cm³/mol. The Morgan fingerprint density at radius 3 is 3.04 bits per heavy atom. The second-order valence-electron chi connectivity index (χ2n) is 6.80. The van der Waals surface area contributed by atoms with Crippen LogP contribution in [0.25, 0.3) is 11.0 Å². The first-order valence-corrected chi connectivity index (χ1v) is 9.28. The van der Waals surface area contributed by atoms with Gasteiger partial charge in [-0.2, -0.15) is 0 Å². The second-order valence-corrected chi connectivity index (χ2v) is 6.80. The van der Waals surface area contributed by atoms with E-state index >= 15 is 0 Å². The van der Waals surface area contributed by atoms with Crippen molar-refractivity contribution < 1.29 is 14.3 Å². The molecule has 1 saturated heterocycles. The first-order chi connectivity index (χ1) is 13.7. The summed E-state index contributed by atoms with van der Waals surface area (Å²) in [7, 11) is 1.53. The maximum atomic E-state index is 12.7. The molecule has 2 N–H and O–H groups in total. The van der Waals surface area contributed by atoms with Gasteiger partial charge in [-0.25, -0.2) is 0 Å². The van der Waals surface area contributed by atoms with Crippen LogP contribution >= 0.6 is 0 Å². The molecular formula is C20H23N5O3. The van der Waals surface area contributed by atoms with E-state index in [1.54, 1.807) is 12.1 Å². The number of methoxy groups -OCH3 is 1. The highest BCUT2D eigenvalue weighted by Crippen LogP contribution is 2.23. The topological polar surface area (TPSA) is 92.4 Å². The number of nitrogens with zero attached hydrogens (tertiary/aromatic N) is 3. The van der Waals surface area contributed by atoms with Gasteiger partial charge >= 0.3 is 0 Å². The normalized spacial score (nSPS) is 17.5. The number of fused-ring (bicyclic) bond motifs is 1. The van der Waals surface area contributed by atoms with Gasteiger partial charge in [0.15, 0.2) is 0 Å². The molecule has 2 aromatic carbocycles. The number of morpholine rings is 1. The Balaban J connectivity index is 1.36. The third-order valence-corrected chi connectivity index (χ3v) is 4.85. The first-order valence-electron chi connectivity index (χ1n) is 9.28. The van der Waals surface area contributed by atoms with Crippen molar-refractivity contribution in [1.29, 1.82) is 0 Å². The summed E-state index contributed by atoms with van der Waals surface area (Å²) >= 11 is 0. The molecule has 1 aliphatic rings. The molecule has 8 nitrogen and oxygen atoms in total. The van der Waals surface area contributed by atoms with Gasteiger partial charge in [0.05, 0.1) is 30.9 Å². The minimum Gasteiger partial charge on any atom is -0.496 e. The molecular weight excluding hydrogens is 358 g/mol. The molecule has 1 aliphatic heterocycles. The van der Waals surface area contributed by atoms with E-state index in [2.05, 4.69) is 37.8 Å². The number of H-pyrrole nitrogens is 1. The third-order valence-electron chi connectivity index (χ3n) is 4.85. The Morgan fingerprint density at radius 2 is 2.21 bits per heavy atom. The first kappa shape index (κ1) is 18.4. The van der Waals surface area contributed by atoms with Gasteiger partial charge in [-0.05, 0) is 11.6 Å². The fourth-order valence-corrected chi connectivity index (χ4v) is 3.41. The molecule has 146 valence electrons. The van der Waals surface area contributed by atoms with Crippen LogP contribution in [0, 0.1) is 0 Å². The second kappa shape index (κ2) is 8.37. The van der Waals surface area contributed by atoms with E-state index in [-0.39, 0.29) is 12.0 Å². The molecule has 28 heavy (non-hydrogen) atoms. The lowest BCUT2D eigenvalue weighted by atomic mass is 10.1. The summed E-state index contributed by atoms with van der Waals surface area (Å²) in [6.45, 7) is 3.63. The van der Waals surface area contributed by atoms with E-state index in [9.17, 15) is 4.79 Å². The molecule has 2 heterocycles. The van der Waals surface area contributed by atoms with Crippen molar-refractivity contribution >= 4 is 16.9 Å². The average molecular weight is 381 g/mol. The van der Waals surface area contributed by atoms with Crippen LogP contribution in [0.2, 0.25) is 0 Å². The van der Waals surface area contributed by atoms with E-state index in [0.29, 0.717) is 35.5 Å². The molecule has 0 aliphatic carbocycles. The number of aromatic amines is 1. The van der Waals surface area contributed by atoms with Crippen molar-refractivity contribution in [1.82, 2.24) is 25.6 Å². The number of benzene rings is 2. The fourth-order valence-electron chi connectivity index (χ4n) is 3.41. The van der Waals surface area contributed by atoms with E-state index in [1.807, 2.05) is 18.2 Å². The number of carbonyl (C=O) groups is 1.